The van der Waals surface area contributed by atoms with Gasteiger partial charge in [0.15, 0.2) is 0 Å². The van der Waals surface area contributed by atoms with Crippen molar-refractivity contribution in [1.82, 2.24) is 0 Å². The van der Waals surface area contributed by atoms with E-state index in [0.717, 1.165) is 5.56 Å². The van der Waals surface area contributed by atoms with Crippen LogP contribution in [0, 0.1) is 24.7 Å². The van der Waals surface area contributed by atoms with Crippen LogP contribution < -0.4 is 0 Å². The number of benzene rings is 2. The van der Waals surface area contributed by atoms with E-state index in [9.17, 15) is 19.2 Å². The van der Waals surface area contributed by atoms with Gasteiger partial charge in [-0.1, -0.05) is 35.9 Å². The molecule has 3 fully saturated rings. The highest BCUT2D eigenvalue weighted by molar-refractivity contribution is 5.98. The quantitative estimate of drug-likeness (QED) is 0.376. The van der Waals surface area contributed by atoms with Crippen molar-refractivity contribution in [1.29, 1.82) is 0 Å². The first-order valence-electron chi connectivity index (χ1n) is 10.8. The number of aryl methyl sites for hydroxylation is 1. The van der Waals surface area contributed by atoms with Gasteiger partial charge in [-0.2, -0.15) is 0 Å². The maximum absolute atomic E-state index is 12.6. The highest BCUT2D eigenvalue weighted by Gasteiger charge is 2.72. The minimum Gasteiger partial charge on any atom is -0.462 e. The molecule has 2 bridgehead atoms. The Labute approximate surface area is 189 Å². The molecule has 3 aliphatic heterocycles. The summed E-state index contributed by atoms with van der Waals surface area (Å²) in [5.74, 6) is -4.34. The Bertz CT molecular complexity index is 1130. The summed E-state index contributed by atoms with van der Waals surface area (Å²) in [4.78, 5) is 49.7. The lowest BCUT2D eigenvalue weighted by Gasteiger charge is -2.31. The second-order valence-electron chi connectivity index (χ2n) is 8.77. The van der Waals surface area contributed by atoms with Crippen molar-refractivity contribution in [2.45, 2.75) is 25.0 Å². The van der Waals surface area contributed by atoms with Crippen molar-refractivity contribution in [2.75, 3.05) is 13.2 Å². The molecule has 170 valence electrons. The first-order valence-corrected chi connectivity index (χ1v) is 10.8. The highest BCUT2D eigenvalue weighted by atomic mass is 16.6. The van der Waals surface area contributed by atoms with Gasteiger partial charge in [-0.05, 0) is 37.6 Å². The minimum absolute atomic E-state index is 0.0106. The van der Waals surface area contributed by atoms with Crippen molar-refractivity contribution in [3.63, 3.8) is 0 Å². The van der Waals surface area contributed by atoms with Gasteiger partial charge in [-0.15, -0.1) is 0 Å². The smallest absolute Gasteiger partial charge is 0.338 e. The number of rotatable bonds is 6. The molecule has 0 aromatic heterocycles. The van der Waals surface area contributed by atoms with Gasteiger partial charge in [0.25, 0.3) is 0 Å². The van der Waals surface area contributed by atoms with Crippen LogP contribution >= 0.6 is 0 Å². The molecule has 8 nitrogen and oxygen atoms in total. The number of hydrogen-bond donors (Lipinski definition) is 0. The van der Waals surface area contributed by atoms with Gasteiger partial charge >= 0.3 is 23.9 Å². The third-order valence-corrected chi connectivity index (χ3v) is 6.59. The molecule has 8 heteroatoms. The fourth-order valence-electron chi connectivity index (χ4n) is 5.14. The second-order valence-corrected chi connectivity index (χ2v) is 8.77. The predicted octanol–water partition coefficient (Wildman–Crippen LogP) is 2.48. The van der Waals surface area contributed by atoms with Crippen LogP contribution in [0.1, 0.15) is 32.7 Å². The van der Waals surface area contributed by atoms with Gasteiger partial charge < -0.3 is 18.9 Å². The summed E-state index contributed by atoms with van der Waals surface area (Å²) in [7, 11) is 0. The summed E-state index contributed by atoms with van der Waals surface area (Å²) in [5, 5.41) is 0. The fourth-order valence-corrected chi connectivity index (χ4v) is 5.14. The molecule has 5 rings (SSSR count). The lowest BCUT2D eigenvalue weighted by atomic mass is 9.69. The lowest BCUT2D eigenvalue weighted by molar-refractivity contribution is -0.160. The maximum Gasteiger partial charge on any atom is 0.338 e. The van der Waals surface area contributed by atoms with Gasteiger partial charge in [0.05, 0.1) is 23.8 Å². The molecule has 0 unspecified atom stereocenters. The summed E-state index contributed by atoms with van der Waals surface area (Å²) in [6, 6.07) is 15.5. The molecule has 0 N–H and O–H groups in total. The molecule has 3 heterocycles. The van der Waals surface area contributed by atoms with E-state index < -0.39 is 47.4 Å². The van der Waals surface area contributed by atoms with Crippen LogP contribution in [0.25, 0.3) is 0 Å². The Kier molecular flexibility index (Phi) is 5.25. The standard InChI is InChI=1S/C25H22O8/c1-14-6-5-9-16(10-14)22(27)31-13-25-11-17(12-30-21(26)15-7-3-2-4-8-15)20(33-25)18-19(25)24(29)32-23(18)28/h2-10,17-20H,11-13H2,1H3/t17-,18+,19+,20-,25-/m1/s1. The molecule has 0 radical (unpaired) electrons. The molecule has 0 spiro atoms. The topological polar surface area (TPSA) is 105 Å². The number of fused-ring (bicyclic) bond motifs is 5. The van der Waals surface area contributed by atoms with E-state index >= 15 is 0 Å². The first kappa shape index (κ1) is 21.3. The lowest BCUT2D eigenvalue weighted by Crippen LogP contribution is -2.47. The van der Waals surface area contributed by atoms with Crippen LogP contribution in [0.15, 0.2) is 54.6 Å². The summed E-state index contributed by atoms with van der Waals surface area (Å²) >= 11 is 0. The van der Waals surface area contributed by atoms with Gasteiger partial charge in [0.1, 0.15) is 24.0 Å². The molecule has 0 amide bonds. The normalized spacial score (nSPS) is 29.5. The third-order valence-electron chi connectivity index (χ3n) is 6.59. The zero-order chi connectivity index (χ0) is 23.2. The molecule has 2 aromatic carbocycles. The molecular formula is C25H22O8. The van der Waals surface area contributed by atoms with E-state index in [-0.39, 0.29) is 19.1 Å². The van der Waals surface area contributed by atoms with E-state index in [1.165, 1.54) is 0 Å². The SMILES string of the molecule is Cc1cccc(C(=O)OC[C@@]23C[C@H](COC(=O)c4ccccc4)[C@@H](O2)[C@H]2C(=O)OC(=O)[C@H]23)c1. The van der Waals surface area contributed by atoms with Crippen LogP contribution in [0.4, 0.5) is 0 Å². The Morgan fingerprint density at radius 2 is 1.70 bits per heavy atom. The molecular weight excluding hydrogens is 428 g/mol. The zero-order valence-electron chi connectivity index (χ0n) is 17.9. The molecule has 3 saturated heterocycles. The van der Waals surface area contributed by atoms with E-state index in [1.54, 1.807) is 48.5 Å². The predicted molar refractivity (Wildman–Crippen MR) is 112 cm³/mol. The second kappa shape index (κ2) is 8.12. The Balaban J connectivity index is 1.31. The number of cyclic esters (lactones) is 2. The maximum atomic E-state index is 12.6. The molecule has 0 aliphatic carbocycles. The molecule has 0 saturated carbocycles. The Morgan fingerprint density at radius 3 is 2.45 bits per heavy atom. The van der Waals surface area contributed by atoms with Crippen LogP contribution in [0.2, 0.25) is 0 Å². The number of hydrogen-bond acceptors (Lipinski definition) is 8. The van der Waals surface area contributed by atoms with Gasteiger partial charge in [-0.3, -0.25) is 9.59 Å². The van der Waals surface area contributed by atoms with Crippen LogP contribution in [-0.2, 0) is 28.5 Å². The molecule has 3 aliphatic rings. The van der Waals surface area contributed by atoms with Crippen molar-refractivity contribution in [3.05, 3.63) is 71.3 Å². The average Bonchev–Trinajstić information content (AvgIpc) is 3.45. The minimum atomic E-state index is -1.19. The monoisotopic (exact) mass is 450 g/mol. The third kappa shape index (κ3) is 3.70. The van der Waals surface area contributed by atoms with Crippen molar-refractivity contribution >= 4 is 23.9 Å². The molecule has 2 aromatic rings. The van der Waals surface area contributed by atoms with Crippen LogP contribution in [0.3, 0.4) is 0 Å². The molecule has 33 heavy (non-hydrogen) atoms. The molecule has 5 atom stereocenters. The summed E-state index contributed by atoms with van der Waals surface area (Å²) in [6.07, 6.45) is -0.361. The zero-order valence-corrected chi connectivity index (χ0v) is 17.9. The summed E-state index contributed by atoms with van der Waals surface area (Å²) in [5.41, 5.74) is 0.513. The van der Waals surface area contributed by atoms with Crippen LogP contribution in [-0.4, -0.2) is 48.8 Å². The van der Waals surface area contributed by atoms with Crippen LogP contribution in [0.5, 0.6) is 0 Å². The average molecular weight is 450 g/mol. The van der Waals surface area contributed by atoms with Crippen molar-refractivity contribution in [2.24, 2.45) is 17.8 Å². The first-order chi connectivity index (χ1) is 15.9. The number of carbonyl (C=O) groups is 4. The van der Waals surface area contributed by atoms with Crippen molar-refractivity contribution in [3.8, 4) is 0 Å². The number of carbonyl (C=O) groups excluding carboxylic acids is 4. The van der Waals surface area contributed by atoms with E-state index in [4.69, 9.17) is 18.9 Å². The summed E-state index contributed by atoms with van der Waals surface area (Å²) < 4.78 is 22.0. The van der Waals surface area contributed by atoms with Crippen molar-refractivity contribution < 1.29 is 38.1 Å². The summed E-state index contributed by atoms with van der Waals surface area (Å²) in [6.45, 7) is 1.67. The van der Waals surface area contributed by atoms with Gasteiger partial charge in [-0.25, -0.2) is 9.59 Å². The van der Waals surface area contributed by atoms with E-state index in [0.29, 0.717) is 17.5 Å². The van der Waals surface area contributed by atoms with E-state index in [1.807, 2.05) is 13.0 Å². The fraction of sp³-hybridized carbons (Fsp3) is 0.360. The largest absolute Gasteiger partial charge is 0.462 e. The van der Waals surface area contributed by atoms with E-state index in [2.05, 4.69) is 0 Å². The highest BCUT2D eigenvalue weighted by Crippen LogP contribution is 2.57. The Morgan fingerprint density at radius 1 is 0.970 bits per heavy atom. The number of ether oxygens (including phenoxy) is 4. The number of esters is 4. The van der Waals surface area contributed by atoms with Gasteiger partial charge in [0.2, 0.25) is 0 Å². The Hall–Kier alpha value is -3.52. The van der Waals surface area contributed by atoms with Gasteiger partial charge in [0, 0.05) is 5.92 Å².